The van der Waals surface area contributed by atoms with Gasteiger partial charge in [0.2, 0.25) is 0 Å². The number of rotatable bonds is 1. The second kappa shape index (κ2) is 4.21. The van der Waals surface area contributed by atoms with Crippen LogP contribution in [0, 0.1) is 11.3 Å². The summed E-state index contributed by atoms with van der Waals surface area (Å²) in [6.45, 7) is 0. The Labute approximate surface area is 97.1 Å². The van der Waals surface area contributed by atoms with E-state index in [4.69, 9.17) is 16.9 Å². The summed E-state index contributed by atoms with van der Waals surface area (Å²) in [6, 6.07) is 12.4. The molecular formula is C12H7ClN2O. The van der Waals surface area contributed by atoms with Crippen molar-refractivity contribution in [1.82, 2.24) is 4.57 Å². The number of nitrogens with zero attached hydrogens (tertiary/aromatic N) is 2. The number of pyridine rings is 1. The van der Waals surface area contributed by atoms with Gasteiger partial charge in [-0.2, -0.15) is 5.26 Å². The van der Waals surface area contributed by atoms with E-state index in [0.29, 0.717) is 5.69 Å². The SMILES string of the molecule is N#Cc1c(Cl)ccn(-c2ccccc2)c1=O. The number of nitriles is 1. The van der Waals surface area contributed by atoms with Crippen LogP contribution in [0.1, 0.15) is 5.56 Å². The first-order chi connectivity index (χ1) is 7.74. The smallest absolute Gasteiger partial charge is 0.274 e. The minimum Gasteiger partial charge on any atom is -0.283 e. The van der Waals surface area contributed by atoms with Crippen LogP contribution in [0.5, 0.6) is 0 Å². The highest BCUT2D eigenvalue weighted by Crippen LogP contribution is 2.12. The number of halogens is 1. The van der Waals surface area contributed by atoms with Crippen molar-refractivity contribution in [2.45, 2.75) is 0 Å². The van der Waals surface area contributed by atoms with Crippen LogP contribution in [0.4, 0.5) is 0 Å². The third-order valence-corrected chi connectivity index (χ3v) is 2.50. The van der Waals surface area contributed by atoms with Crippen LogP contribution < -0.4 is 5.56 Å². The van der Waals surface area contributed by atoms with Crippen molar-refractivity contribution >= 4 is 11.6 Å². The molecule has 1 aromatic carbocycles. The molecule has 1 aromatic heterocycles. The Morgan fingerprint density at radius 3 is 2.50 bits per heavy atom. The van der Waals surface area contributed by atoms with Gasteiger partial charge in [0.15, 0.2) is 0 Å². The number of hydrogen-bond acceptors (Lipinski definition) is 2. The summed E-state index contributed by atoms with van der Waals surface area (Å²) in [5.41, 5.74) is 0.273. The fraction of sp³-hybridized carbons (Fsp3) is 0. The molecule has 0 unspecified atom stereocenters. The van der Waals surface area contributed by atoms with E-state index in [0.717, 1.165) is 0 Å². The predicted molar refractivity (Wildman–Crippen MR) is 61.8 cm³/mol. The molecule has 0 bridgehead atoms. The predicted octanol–water partition coefficient (Wildman–Crippen LogP) is 2.36. The van der Waals surface area contributed by atoms with Gasteiger partial charge in [-0.1, -0.05) is 29.8 Å². The molecule has 0 aliphatic carbocycles. The molecule has 0 N–H and O–H groups in total. The lowest BCUT2D eigenvalue weighted by molar-refractivity contribution is 0.982. The first kappa shape index (κ1) is 10.5. The van der Waals surface area contributed by atoms with E-state index in [1.807, 2.05) is 24.3 Å². The Balaban J connectivity index is 2.71. The summed E-state index contributed by atoms with van der Waals surface area (Å²) >= 11 is 5.75. The molecule has 3 nitrogen and oxygen atoms in total. The first-order valence-electron chi connectivity index (χ1n) is 4.60. The first-order valence-corrected chi connectivity index (χ1v) is 4.98. The third kappa shape index (κ3) is 1.71. The van der Waals surface area contributed by atoms with Gasteiger partial charge in [-0.15, -0.1) is 0 Å². The summed E-state index contributed by atoms with van der Waals surface area (Å²) in [7, 11) is 0. The molecule has 78 valence electrons. The van der Waals surface area contributed by atoms with E-state index in [2.05, 4.69) is 0 Å². The van der Waals surface area contributed by atoms with E-state index in [-0.39, 0.29) is 10.6 Å². The highest BCUT2D eigenvalue weighted by molar-refractivity contribution is 6.31. The average molecular weight is 231 g/mol. The molecule has 0 aliphatic heterocycles. The van der Waals surface area contributed by atoms with Gasteiger partial charge in [0.05, 0.1) is 5.02 Å². The summed E-state index contributed by atoms with van der Waals surface area (Å²) in [4.78, 5) is 11.9. The van der Waals surface area contributed by atoms with Gasteiger partial charge < -0.3 is 0 Å². The van der Waals surface area contributed by atoms with Crippen LogP contribution >= 0.6 is 11.6 Å². The number of benzene rings is 1. The lowest BCUT2D eigenvalue weighted by atomic mass is 10.2. The summed E-state index contributed by atoms with van der Waals surface area (Å²) < 4.78 is 1.39. The highest BCUT2D eigenvalue weighted by atomic mass is 35.5. The Kier molecular flexibility index (Phi) is 2.76. The van der Waals surface area contributed by atoms with Crippen molar-refractivity contribution in [3.8, 4) is 11.8 Å². The lowest BCUT2D eigenvalue weighted by Crippen LogP contribution is -2.20. The lowest BCUT2D eigenvalue weighted by Gasteiger charge is -2.05. The maximum Gasteiger partial charge on any atom is 0.274 e. The van der Waals surface area contributed by atoms with Crippen molar-refractivity contribution in [2.24, 2.45) is 0 Å². The van der Waals surface area contributed by atoms with Crippen molar-refractivity contribution in [1.29, 1.82) is 5.26 Å². The topological polar surface area (TPSA) is 45.8 Å². The largest absolute Gasteiger partial charge is 0.283 e. The van der Waals surface area contributed by atoms with Crippen LogP contribution in [0.3, 0.4) is 0 Å². The van der Waals surface area contributed by atoms with E-state index in [9.17, 15) is 4.79 Å². The van der Waals surface area contributed by atoms with Crippen molar-refractivity contribution in [2.75, 3.05) is 0 Å². The van der Waals surface area contributed by atoms with Crippen molar-refractivity contribution < 1.29 is 0 Å². The molecule has 0 amide bonds. The Hall–Kier alpha value is -2.05. The van der Waals surface area contributed by atoms with Gasteiger partial charge in [-0.05, 0) is 18.2 Å². The third-order valence-electron chi connectivity index (χ3n) is 2.19. The minimum absolute atomic E-state index is 0.0342. The van der Waals surface area contributed by atoms with Crippen molar-refractivity contribution in [3.05, 3.63) is 63.5 Å². The molecule has 16 heavy (non-hydrogen) atoms. The van der Waals surface area contributed by atoms with Gasteiger partial charge in [0.25, 0.3) is 5.56 Å². The number of hydrogen-bond donors (Lipinski definition) is 0. The van der Waals surface area contributed by atoms with Gasteiger partial charge in [0, 0.05) is 11.9 Å². The summed E-state index contributed by atoms with van der Waals surface area (Å²) in [5.74, 6) is 0. The van der Waals surface area contributed by atoms with E-state index >= 15 is 0 Å². The maximum absolute atomic E-state index is 11.9. The van der Waals surface area contributed by atoms with E-state index in [1.54, 1.807) is 18.3 Å². The average Bonchev–Trinajstić information content (AvgIpc) is 2.31. The van der Waals surface area contributed by atoms with Crippen LogP contribution in [-0.4, -0.2) is 4.57 Å². The van der Waals surface area contributed by atoms with E-state index < -0.39 is 5.56 Å². The fourth-order valence-electron chi connectivity index (χ4n) is 1.41. The highest BCUT2D eigenvalue weighted by Gasteiger charge is 2.08. The Morgan fingerprint density at radius 2 is 1.88 bits per heavy atom. The second-order valence-electron chi connectivity index (χ2n) is 3.16. The second-order valence-corrected chi connectivity index (χ2v) is 3.57. The van der Waals surface area contributed by atoms with Crippen LogP contribution in [0.15, 0.2) is 47.4 Å². The van der Waals surface area contributed by atoms with Gasteiger partial charge in [0.1, 0.15) is 11.6 Å². The molecule has 0 saturated heterocycles. The molecule has 0 spiro atoms. The Morgan fingerprint density at radius 1 is 1.19 bits per heavy atom. The van der Waals surface area contributed by atoms with E-state index in [1.165, 1.54) is 10.6 Å². The zero-order valence-corrected chi connectivity index (χ0v) is 8.98. The van der Waals surface area contributed by atoms with Crippen LogP contribution in [0.2, 0.25) is 5.02 Å². The fourth-order valence-corrected chi connectivity index (χ4v) is 1.59. The molecule has 4 heteroatoms. The summed E-state index contributed by atoms with van der Waals surface area (Å²) in [6.07, 6.45) is 1.56. The zero-order chi connectivity index (χ0) is 11.5. The normalized spacial score (nSPS) is 9.75. The summed E-state index contributed by atoms with van der Waals surface area (Å²) in [5, 5.41) is 9.00. The van der Waals surface area contributed by atoms with Gasteiger partial charge in [-0.3, -0.25) is 9.36 Å². The molecular weight excluding hydrogens is 224 g/mol. The van der Waals surface area contributed by atoms with Gasteiger partial charge in [-0.25, -0.2) is 0 Å². The molecule has 0 fully saturated rings. The quantitative estimate of drug-likeness (QED) is 0.755. The standard InChI is InChI=1S/C12H7ClN2O/c13-11-6-7-15(12(16)10(11)8-14)9-4-2-1-3-5-9/h1-7H. The molecule has 0 atom stereocenters. The molecule has 0 radical (unpaired) electrons. The zero-order valence-electron chi connectivity index (χ0n) is 8.22. The number of para-hydroxylation sites is 1. The minimum atomic E-state index is -0.402. The molecule has 2 rings (SSSR count). The molecule has 2 aromatic rings. The van der Waals surface area contributed by atoms with Gasteiger partial charge >= 0.3 is 0 Å². The van der Waals surface area contributed by atoms with Crippen LogP contribution in [0.25, 0.3) is 5.69 Å². The van der Waals surface area contributed by atoms with Crippen LogP contribution in [-0.2, 0) is 0 Å². The monoisotopic (exact) mass is 230 g/mol. The molecule has 0 aliphatic rings. The van der Waals surface area contributed by atoms with Crippen molar-refractivity contribution in [3.63, 3.8) is 0 Å². The Bertz CT molecular complexity index is 611. The molecule has 0 saturated carbocycles. The molecule has 1 heterocycles. The number of aromatic nitrogens is 1. The maximum atomic E-state index is 11.9.